The van der Waals surface area contributed by atoms with E-state index in [1.165, 1.54) is 17.3 Å². The van der Waals surface area contributed by atoms with Gasteiger partial charge in [0.05, 0.1) is 11.0 Å². The maximum Gasteiger partial charge on any atom is 0.317 e. The lowest BCUT2D eigenvalue weighted by Gasteiger charge is -2.10. The molecule has 0 aliphatic rings. The predicted molar refractivity (Wildman–Crippen MR) is 88.3 cm³/mol. The fourth-order valence-corrected chi connectivity index (χ4v) is 3.20. The minimum atomic E-state index is -0.828. The van der Waals surface area contributed by atoms with E-state index >= 15 is 0 Å². The Morgan fingerprint density at radius 2 is 1.95 bits per heavy atom. The molecule has 0 saturated heterocycles. The van der Waals surface area contributed by atoms with Gasteiger partial charge in [0.2, 0.25) is 0 Å². The Hall–Kier alpha value is -2.27. The maximum atomic E-state index is 11.5. The highest BCUT2D eigenvalue weighted by Crippen LogP contribution is 2.26. The summed E-state index contributed by atoms with van der Waals surface area (Å²) >= 11 is 1.26. The number of benzene rings is 2. The van der Waals surface area contributed by atoms with E-state index in [1.807, 2.05) is 55.5 Å². The monoisotopic (exact) mass is 312 g/mol. The fraction of sp³-hybridized carbons (Fsp3) is 0.176. The summed E-state index contributed by atoms with van der Waals surface area (Å²) in [5, 5.41) is 9.54. The summed E-state index contributed by atoms with van der Waals surface area (Å²) in [5.74, 6) is -0.828. The number of thioether (sulfide) groups is 1. The molecule has 5 heteroatoms. The molecule has 1 aromatic heterocycles. The highest BCUT2D eigenvalue weighted by Gasteiger charge is 2.21. The van der Waals surface area contributed by atoms with Gasteiger partial charge in [-0.3, -0.25) is 4.79 Å². The number of nitrogens with one attached hydrogen (secondary N) is 1. The van der Waals surface area contributed by atoms with Crippen LogP contribution in [0.25, 0.3) is 11.0 Å². The third kappa shape index (κ3) is 3.31. The first-order chi connectivity index (χ1) is 10.6. The van der Waals surface area contributed by atoms with E-state index in [-0.39, 0.29) is 0 Å². The van der Waals surface area contributed by atoms with Gasteiger partial charge in [-0.2, -0.15) is 0 Å². The number of carboxylic acids is 1. The number of para-hydroxylation sites is 2. The Morgan fingerprint density at radius 1 is 1.23 bits per heavy atom. The number of rotatable bonds is 5. The summed E-state index contributed by atoms with van der Waals surface area (Å²) in [5.41, 5.74) is 3.95. The van der Waals surface area contributed by atoms with Crippen LogP contribution >= 0.6 is 11.8 Å². The topological polar surface area (TPSA) is 66.0 Å². The Morgan fingerprint density at radius 3 is 2.64 bits per heavy atom. The molecule has 3 rings (SSSR count). The zero-order valence-electron chi connectivity index (χ0n) is 12.1. The standard InChI is InChI=1S/C17H16N2O2S/c1-11-6-8-12(9-7-11)10-15(16(20)21)22-17-18-13-4-2-3-5-14(13)19-17/h2-9,15H,10H2,1H3,(H,18,19)(H,20,21). The SMILES string of the molecule is Cc1ccc(CC(Sc2nc3ccccc3[nH]2)C(=O)O)cc1. The zero-order chi connectivity index (χ0) is 15.5. The van der Waals surface area contributed by atoms with Crippen LogP contribution in [0.1, 0.15) is 11.1 Å². The smallest absolute Gasteiger partial charge is 0.317 e. The van der Waals surface area contributed by atoms with Crippen molar-refractivity contribution < 1.29 is 9.90 Å². The van der Waals surface area contributed by atoms with E-state index in [9.17, 15) is 9.90 Å². The normalized spacial score (nSPS) is 12.4. The molecule has 0 aliphatic heterocycles. The molecule has 0 radical (unpaired) electrons. The van der Waals surface area contributed by atoms with Gasteiger partial charge >= 0.3 is 5.97 Å². The third-order valence-electron chi connectivity index (χ3n) is 3.44. The van der Waals surface area contributed by atoms with E-state index in [0.717, 1.165) is 16.6 Å². The summed E-state index contributed by atoms with van der Waals surface area (Å²) in [6.45, 7) is 2.02. The number of hydrogen-bond donors (Lipinski definition) is 2. The predicted octanol–water partition coefficient (Wildman–Crippen LogP) is 3.66. The van der Waals surface area contributed by atoms with Gasteiger partial charge in [-0.25, -0.2) is 4.98 Å². The molecule has 0 bridgehead atoms. The average Bonchev–Trinajstić information content (AvgIpc) is 2.91. The van der Waals surface area contributed by atoms with Crippen LogP contribution in [0.2, 0.25) is 0 Å². The van der Waals surface area contributed by atoms with Crippen molar-refractivity contribution >= 4 is 28.8 Å². The van der Waals surface area contributed by atoms with Gasteiger partial charge in [0.15, 0.2) is 5.16 Å². The molecule has 3 aromatic rings. The van der Waals surface area contributed by atoms with Crippen molar-refractivity contribution in [2.75, 3.05) is 0 Å². The van der Waals surface area contributed by atoms with Crippen LogP contribution in [0.5, 0.6) is 0 Å². The van der Waals surface area contributed by atoms with E-state index in [0.29, 0.717) is 11.6 Å². The number of imidazole rings is 1. The van der Waals surface area contributed by atoms with Crippen LogP contribution in [-0.4, -0.2) is 26.3 Å². The second-order valence-electron chi connectivity index (χ2n) is 5.19. The molecule has 2 N–H and O–H groups in total. The van der Waals surface area contributed by atoms with Crippen LogP contribution < -0.4 is 0 Å². The second-order valence-corrected chi connectivity index (χ2v) is 6.38. The molecule has 0 amide bonds. The molecule has 112 valence electrons. The van der Waals surface area contributed by atoms with Crippen LogP contribution in [0.15, 0.2) is 53.7 Å². The van der Waals surface area contributed by atoms with Crippen molar-refractivity contribution in [1.29, 1.82) is 0 Å². The van der Waals surface area contributed by atoms with E-state index in [2.05, 4.69) is 9.97 Å². The largest absolute Gasteiger partial charge is 0.480 e. The van der Waals surface area contributed by atoms with Gasteiger partial charge in [0, 0.05) is 0 Å². The molecule has 1 unspecified atom stereocenters. The molecule has 1 atom stereocenters. The van der Waals surface area contributed by atoms with Crippen molar-refractivity contribution in [3.63, 3.8) is 0 Å². The molecule has 0 spiro atoms. The molecule has 0 saturated carbocycles. The summed E-state index contributed by atoms with van der Waals surface area (Å²) in [6, 6.07) is 15.6. The lowest BCUT2D eigenvalue weighted by molar-refractivity contribution is -0.136. The van der Waals surface area contributed by atoms with E-state index < -0.39 is 11.2 Å². The Kier molecular flexibility index (Phi) is 4.15. The van der Waals surface area contributed by atoms with Crippen molar-refractivity contribution in [1.82, 2.24) is 9.97 Å². The fourth-order valence-electron chi connectivity index (χ4n) is 2.24. The van der Waals surface area contributed by atoms with Gasteiger partial charge in [-0.05, 0) is 31.0 Å². The minimum absolute atomic E-state index is 0.470. The Labute approximate surface area is 132 Å². The highest BCUT2D eigenvalue weighted by molar-refractivity contribution is 8.00. The molecule has 4 nitrogen and oxygen atoms in total. The van der Waals surface area contributed by atoms with Crippen molar-refractivity contribution in [3.05, 3.63) is 59.7 Å². The number of aryl methyl sites for hydroxylation is 1. The Bertz CT molecular complexity index is 763. The maximum absolute atomic E-state index is 11.5. The lowest BCUT2D eigenvalue weighted by Crippen LogP contribution is -2.19. The number of aromatic nitrogens is 2. The van der Waals surface area contributed by atoms with Gasteiger partial charge in [-0.1, -0.05) is 53.7 Å². The first-order valence-electron chi connectivity index (χ1n) is 7.01. The van der Waals surface area contributed by atoms with Crippen LogP contribution in [0, 0.1) is 6.92 Å². The molecule has 0 aliphatic carbocycles. The molecular weight excluding hydrogens is 296 g/mol. The second kappa shape index (κ2) is 6.23. The zero-order valence-corrected chi connectivity index (χ0v) is 12.9. The number of carboxylic acid groups (broad SMARTS) is 1. The Balaban J connectivity index is 1.79. The van der Waals surface area contributed by atoms with Crippen LogP contribution in [-0.2, 0) is 11.2 Å². The third-order valence-corrected chi connectivity index (χ3v) is 4.51. The first-order valence-corrected chi connectivity index (χ1v) is 7.89. The summed E-state index contributed by atoms with van der Waals surface area (Å²) in [6.07, 6.45) is 0.470. The first kappa shape index (κ1) is 14.7. The number of nitrogens with zero attached hydrogens (tertiary/aromatic N) is 1. The molecular formula is C17H16N2O2S. The summed E-state index contributed by atoms with van der Waals surface area (Å²) < 4.78 is 0. The number of carbonyl (C=O) groups is 1. The van der Waals surface area contributed by atoms with Crippen molar-refractivity contribution in [2.24, 2.45) is 0 Å². The van der Waals surface area contributed by atoms with Crippen LogP contribution in [0.3, 0.4) is 0 Å². The van der Waals surface area contributed by atoms with Crippen molar-refractivity contribution in [2.45, 2.75) is 23.8 Å². The number of aliphatic carboxylic acids is 1. The van der Waals surface area contributed by atoms with Gasteiger partial charge in [-0.15, -0.1) is 0 Å². The van der Waals surface area contributed by atoms with Gasteiger partial charge < -0.3 is 10.1 Å². The minimum Gasteiger partial charge on any atom is -0.480 e. The highest BCUT2D eigenvalue weighted by atomic mass is 32.2. The number of H-pyrrole nitrogens is 1. The van der Waals surface area contributed by atoms with Crippen molar-refractivity contribution in [3.8, 4) is 0 Å². The number of hydrogen-bond acceptors (Lipinski definition) is 3. The molecule has 1 heterocycles. The van der Waals surface area contributed by atoms with Gasteiger partial charge in [0.1, 0.15) is 5.25 Å². The summed E-state index contributed by atoms with van der Waals surface area (Å²) in [4.78, 5) is 19.1. The molecule has 22 heavy (non-hydrogen) atoms. The van der Waals surface area contributed by atoms with E-state index in [4.69, 9.17) is 0 Å². The lowest BCUT2D eigenvalue weighted by atomic mass is 10.1. The molecule has 0 fully saturated rings. The quantitative estimate of drug-likeness (QED) is 0.706. The van der Waals surface area contributed by atoms with E-state index in [1.54, 1.807) is 0 Å². The van der Waals surface area contributed by atoms with Crippen LogP contribution in [0.4, 0.5) is 0 Å². The average molecular weight is 312 g/mol. The van der Waals surface area contributed by atoms with Gasteiger partial charge in [0.25, 0.3) is 0 Å². The number of fused-ring (bicyclic) bond motifs is 1. The summed E-state index contributed by atoms with van der Waals surface area (Å²) in [7, 11) is 0. The molecule has 2 aromatic carbocycles. The number of aromatic amines is 1.